The second-order valence-electron chi connectivity index (χ2n) is 7.36. The molecular weight excluding hydrogens is 344 g/mol. The first-order valence-corrected chi connectivity index (χ1v) is 9.38. The largest absolute Gasteiger partial charge is 0.491 e. The van der Waals surface area contributed by atoms with Crippen molar-refractivity contribution in [1.82, 2.24) is 14.5 Å². The quantitative estimate of drug-likeness (QED) is 0.630. The molecule has 7 heteroatoms. The number of aromatic amines is 1. The van der Waals surface area contributed by atoms with Gasteiger partial charge in [0.15, 0.2) is 0 Å². The number of nitrogens with one attached hydrogen (secondary N) is 1. The van der Waals surface area contributed by atoms with E-state index in [1.165, 1.54) is 12.8 Å². The number of aromatic nitrogens is 2. The highest BCUT2D eigenvalue weighted by Gasteiger charge is 2.24. The number of hydrogen-bond donors (Lipinski definition) is 1. The molecule has 0 saturated heterocycles. The van der Waals surface area contributed by atoms with Crippen LogP contribution in [0, 0.1) is 5.92 Å². The number of benzene rings is 1. The van der Waals surface area contributed by atoms with Gasteiger partial charge in [-0.05, 0) is 31.2 Å². The number of rotatable bonds is 7. The summed E-state index contributed by atoms with van der Waals surface area (Å²) in [6.07, 6.45) is 3.63. The number of carbonyl (C=O) groups is 1. The van der Waals surface area contributed by atoms with Gasteiger partial charge in [-0.15, -0.1) is 0 Å². The van der Waals surface area contributed by atoms with Gasteiger partial charge in [-0.2, -0.15) is 0 Å². The summed E-state index contributed by atoms with van der Waals surface area (Å²) in [4.78, 5) is 33.0. The van der Waals surface area contributed by atoms with Crippen molar-refractivity contribution in [3.05, 3.63) is 45.1 Å². The Morgan fingerprint density at radius 3 is 3.04 bits per heavy atom. The van der Waals surface area contributed by atoms with Gasteiger partial charge < -0.3 is 14.2 Å². The van der Waals surface area contributed by atoms with Crippen LogP contribution in [0.1, 0.15) is 31.2 Å². The topological polar surface area (TPSA) is 79.7 Å². The van der Waals surface area contributed by atoms with Gasteiger partial charge in [-0.3, -0.25) is 14.6 Å². The van der Waals surface area contributed by atoms with Crippen LogP contribution >= 0.6 is 0 Å². The minimum absolute atomic E-state index is 0.170. The van der Waals surface area contributed by atoms with Crippen LogP contribution in [0.2, 0.25) is 0 Å². The van der Waals surface area contributed by atoms with Crippen molar-refractivity contribution >= 4 is 18.2 Å². The molecule has 142 valence electrons. The molecule has 1 aliphatic carbocycles. The average molecular weight is 368 g/mol. The molecule has 0 spiro atoms. The highest BCUT2D eigenvalue weighted by atomic mass is 16.5. The molecule has 2 heterocycles. The van der Waals surface area contributed by atoms with E-state index < -0.39 is 0 Å². The van der Waals surface area contributed by atoms with E-state index in [-0.39, 0.29) is 11.5 Å². The fourth-order valence-corrected chi connectivity index (χ4v) is 3.35. The van der Waals surface area contributed by atoms with Crippen LogP contribution in [-0.4, -0.2) is 40.6 Å². The lowest BCUT2D eigenvalue weighted by atomic mass is 10.1. The standard InChI is InChI=1S/C20H24N4O3/c1-13-19(26)22-20-21-18-15(12-24(13)20)5-3-6-16(18)27-10-4-7-17(25)23(2)11-14-8-9-14/h3,5-6,14H,1,4,7-12H2,2H3,(H,21,22,26). The van der Waals surface area contributed by atoms with E-state index in [1.54, 1.807) is 4.57 Å². The minimum Gasteiger partial charge on any atom is -0.491 e. The summed E-state index contributed by atoms with van der Waals surface area (Å²) >= 11 is 0. The van der Waals surface area contributed by atoms with Crippen molar-refractivity contribution in [3.8, 4) is 5.75 Å². The molecule has 0 bridgehead atoms. The van der Waals surface area contributed by atoms with Crippen molar-refractivity contribution in [1.29, 1.82) is 0 Å². The van der Waals surface area contributed by atoms with E-state index >= 15 is 0 Å². The molecule has 4 rings (SSSR count). The van der Waals surface area contributed by atoms with Gasteiger partial charge in [0, 0.05) is 25.6 Å². The Morgan fingerprint density at radius 1 is 1.44 bits per heavy atom. The fourth-order valence-electron chi connectivity index (χ4n) is 3.35. The first kappa shape index (κ1) is 17.6. The first-order chi connectivity index (χ1) is 13.0. The third kappa shape index (κ3) is 3.67. The third-order valence-electron chi connectivity index (χ3n) is 5.14. The summed E-state index contributed by atoms with van der Waals surface area (Å²) in [5.74, 6) is 1.55. The molecular formula is C20H24N4O3. The monoisotopic (exact) mass is 368 g/mol. The Balaban J connectivity index is 1.39. The molecule has 27 heavy (non-hydrogen) atoms. The van der Waals surface area contributed by atoms with E-state index in [2.05, 4.69) is 16.6 Å². The van der Waals surface area contributed by atoms with Gasteiger partial charge >= 0.3 is 0 Å². The molecule has 0 radical (unpaired) electrons. The van der Waals surface area contributed by atoms with Crippen molar-refractivity contribution in [2.24, 2.45) is 10.9 Å². The summed E-state index contributed by atoms with van der Waals surface area (Å²) in [5.41, 5.74) is 1.98. The maximum absolute atomic E-state index is 12.1. The molecule has 1 fully saturated rings. The minimum atomic E-state index is -0.224. The summed E-state index contributed by atoms with van der Waals surface area (Å²) in [6, 6.07) is 5.75. The first-order valence-electron chi connectivity index (χ1n) is 9.38. The van der Waals surface area contributed by atoms with Crippen LogP contribution in [0.5, 0.6) is 5.75 Å². The molecule has 7 nitrogen and oxygen atoms in total. The number of hydrogen-bond acceptors (Lipinski definition) is 4. The molecule has 1 aromatic carbocycles. The summed E-state index contributed by atoms with van der Waals surface area (Å²) < 4.78 is 7.67. The SMILES string of the molecule is C=c1c(=O)[nH]c2n1Cc1cccc(OCCCC(=O)N(C)CC3CC3)c1N=2. The molecule has 1 amide bonds. The molecule has 2 aromatic rings. The Hall–Kier alpha value is -2.83. The number of para-hydroxylation sites is 1. The molecule has 1 aliphatic heterocycles. The van der Waals surface area contributed by atoms with Gasteiger partial charge in [-0.1, -0.05) is 18.7 Å². The van der Waals surface area contributed by atoms with E-state index in [4.69, 9.17) is 4.74 Å². The fraction of sp³-hybridized carbons (Fsp3) is 0.450. The zero-order valence-corrected chi connectivity index (χ0v) is 15.5. The van der Waals surface area contributed by atoms with Gasteiger partial charge in [0.05, 0.1) is 13.2 Å². The van der Waals surface area contributed by atoms with Crippen molar-refractivity contribution in [2.45, 2.75) is 32.2 Å². The third-order valence-corrected chi connectivity index (χ3v) is 5.14. The highest BCUT2D eigenvalue weighted by Crippen LogP contribution is 2.33. The van der Waals surface area contributed by atoms with E-state index in [0.29, 0.717) is 48.6 Å². The van der Waals surface area contributed by atoms with Crippen molar-refractivity contribution in [3.63, 3.8) is 0 Å². The number of carbonyl (C=O) groups excluding carboxylic acids is 1. The summed E-state index contributed by atoms with van der Waals surface area (Å²) in [7, 11) is 1.88. The molecule has 1 saturated carbocycles. The number of H-pyrrole nitrogens is 1. The zero-order chi connectivity index (χ0) is 19.0. The summed E-state index contributed by atoms with van der Waals surface area (Å²) in [6.45, 7) is 5.65. The molecule has 0 unspecified atom stereocenters. The van der Waals surface area contributed by atoms with Crippen molar-refractivity contribution in [2.75, 3.05) is 20.2 Å². The lowest BCUT2D eigenvalue weighted by Gasteiger charge is -2.18. The Bertz CT molecular complexity index is 1030. The molecule has 0 atom stereocenters. The lowest BCUT2D eigenvalue weighted by Crippen LogP contribution is -2.32. The second-order valence-corrected chi connectivity index (χ2v) is 7.36. The van der Waals surface area contributed by atoms with Crippen LogP contribution in [0.15, 0.2) is 28.0 Å². The van der Waals surface area contributed by atoms with Crippen LogP contribution in [-0.2, 0) is 11.3 Å². The molecule has 1 aromatic heterocycles. The smallest absolute Gasteiger partial charge is 0.274 e. The van der Waals surface area contributed by atoms with Crippen molar-refractivity contribution < 1.29 is 9.53 Å². The Kier molecular flexibility index (Phi) is 4.59. The van der Waals surface area contributed by atoms with Crippen LogP contribution in [0.4, 0.5) is 5.69 Å². The number of fused-ring (bicyclic) bond motifs is 2. The van der Waals surface area contributed by atoms with E-state index in [0.717, 1.165) is 17.8 Å². The Labute approximate surface area is 157 Å². The van der Waals surface area contributed by atoms with Gasteiger partial charge in [-0.25, -0.2) is 4.99 Å². The van der Waals surface area contributed by atoms with E-state index in [1.807, 2.05) is 30.1 Å². The molecule has 1 N–H and O–H groups in total. The van der Waals surface area contributed by atoms with Crippen LogP contribution < -0.4 is 21.3 Å². The number of nitrogens with zero attached hydrogens (tertiary/aromatic N) is 3. The van der Waals surface area contributed by atoms with Gasteiger partial charge in [0.25, 0.3) is 5.56 Å². The lowest BCUT2D eigenvalue weighted by molar-refractivity contribution is -0.130. The number of imidazole rings is 1. The predicted molar refractivity (Wildman–Crippen MR) is 102 cm³/mol. The van der Waals surface area contributed by atoms with E-state index in [9.17, 15) is 9.59 Å². The maximum Gasteiger partial charge on any atom is 0.274 e. The average Bonchev–Trinajstić information content (AvgIpc) is 3.43. The van der Waals surface area contributed by atoms with Crippen LogP contribution in [0.25, 0.3) is 6.58 Å². The number of ether oxygens (including phenoxy) is 1. The maximum atomic E-state index is 12.1. The Morgan fingerprint density at radius 2 is 2.26 bits per heavy atom. The normalized spacial score (nSPS) is 14.9. The number of amides is 1. The van der Waals surface area contributed by atoms with Gasteiger partial charge in [0.2, 0.25) is 11.5 Å². The van der Waals surface area contributed by atoms with Gasteiger partial charge in [0.1, 0.15) is 16.8 Å². The van der Waals surface area contributed by atoms with Crippen LogP contribution in [0.3, 0.4) is 0 Å². The highest BCUT2D eigenvalue weighted by molar-refractivity contribution is 5.75. The summed E-state index contributed by atoms with van der Waals surface area (Å²) in [5, 5.41) is 0.402. The zero-order valence-electron chi connectivity index (χ0n) is 15.5. The second kappa shape index (κ2) is 7.06. The molecule has 2 aliphatic rings. The predicted octanol–water partition coefficient (Wildman–Crippen LogP) is 0.927.